The van der Waals surface area contributed by atoms with Crippen LogP contribution in [0.4, 0.5) is 0 Å². The normalized spacial score (nSPS) is 10.4. The highest BCUT2D eigenvalue weighted by molar-refractivity contribution is 5.98. The molecule has 92 valence electrons. The van der Waals surface area contributed by atoms with Crippen molar-refractivity contribution in [2.45, 2.75) is 27.2 Å². The molecule has 0 radical (unpaired) electrons. The van der Waals surface area contributed by atoms with Gasteiger partial charge in [0.2, 0.25) is 0 Å². The van der Waals surface area contributed by atoms with Crippen LogP contribution in [0.5, 0.6) is 0 Å². The van der Waals surface area contributed by atoms with Gasteiger partial charge in [-0.2, -0.15) is 10.2 Å². The van der Waals surface area contributed by atoms with Gasteiger partial charge in [-0.15, -0.1) is 0 Å². The van der Waals surface area contributed by atoms with E-state index >= 15 is 0 Å². The molecule has 0 saturated carbocycles. The molecular formula is C15H16N2O. The maximum atomic E-state index is 12.2. The summed E-state index contributed by atoms with van der Waals surface area (Å²) in [6, 6.07) is 9.81. The monoisotopic (exact) mass is 240 g/mol. The Morgan fingerprint density at radius 3 is 2.61 bits per heavy atom. The van der Waals surface area contributed by atoms with E-state index in [2.05, 4.69) is 10.2 Å². The maximum Gasteiger partial charge on any atom is 0.169 e. The first-order valence-electron chi connectivity index (χ1n) is 5.96. The standard InChI is InChI=1S/C15H16N2O/c1-10-5-4-6-13(7-10)9-15(18)14-8-11(2)16-17-12(14)3/h4-8H,9H2,1-3H3. The SMILES string of the molecule is Cc1cccc(CC(=O)c2cc(C)nnc2C)c1. The van der Waals surface area contributed by atoms with E-state index < -0.39 is 0 Å². The summed E-state index contributed by atoms with van der Waals surface area (Å²) in [5, 5.41) is 7.93. The third-order valence-corrected chi connectivity index (χ3v) is 2.85. The Bertz CT molecular complexity index is 591. The van der Waals surface area contributed by atoms with Crippen molar-refractivity contribution in [3.63, 3.8) is 0 Å². The van der Waals surface area contributed by atoms with Crippen molar-refractivity contribution in [3.05, 3.63) is 58.4 Å². The van der Waals surface area contributed by atoms with Crippen LogP contribution < -0.4 is 0 Å². The molecule has 0 aliphatic rings. The number of benzene rings is 1. The van der Waals surface area contributed by atoms with E-state index in [0.717, 1.165) is 11.3 Å². The van der Waals surface area contributed by atoms with Gasteiger partial charge >= 0.3 is 0 Å². The zero-order valence-electron chi connectivity index (χ0n) is 10.9. The molecule has 0 amide bonds. The largest absolute Gasteiger partial charge is 0.294 e. The van der Waals surface area contributed by atoms with Crippen molar-refractivity contribution in [1.29, 1.82) is 0 Å². The van der Waals surface area contributed by atoms with Gasteiger partial charge in [0.05, 0.1) is 11.4 Å². The summed E-state index contributed by atoms with van der Waals surface area (Å²) in [5.41, 5.74) is 4.34. The third-order valence-electron chi connectivity index (χ3n) is 2.85. The van der Waals surface area contributed by atoms with Crippen molar-refractivity contribution in [1.82, 2.24) is 10.2 Å². The number of carbonyl (C=O) groups is 1. The highest BCUT2D eigenvalue weighted by atomic mass is 16.1. The van der Waals surface area contributed by atoms with Gasteiger partial charge in [0, 0.05) is 12.0 Å². The number of aromatic nitrogens is 2. The highest BCUT2D eigenvalue weighted by Crippen LogP contribution is 2.12. The van der Waals surface area contributed by atoms with Crippen LogP contribution in [0.25, 0.3) is 0 Å². The first-order valence-corrected chi connectivity index (χ1v) is 5.96. The molecular weight excluding hydrogens is 224 g/mol. The molecule has 0 spiro atoms. The van der Waals surface area contributed by atoms with E-state index in [1.807, 2.05) is 45.0 Å². The van der Waals surface area contributed by atoms with Gasteiger partial charge < -0.3 is 0 Å². The topological polar surface area (TPSA) is 42.9 Å². The number of Topliss-reactive ketones (excluding diaryl/α,β-unsaturated/α-hetero) is 1. The number of rotatable bonds is 3. The Kier molecular flexibility index (Phi) is 3.51. The van der Waals surface area contributed by atoms with Crippen LogP contribution in [0.2, 0.25) is 0 Å². The fourth-order valence-corrected chi connectivity index (χ4v) is 1.93. The van der Waals surface area contributed by atoms with Gasteiger partial charge in [-0.1, -0.05) is 29.8 Å². The number of carbonyl (C=O) groups excluding carboxylic acids is 1. The summed E-state index contributed by atoms with van der Waals surface area (Å²) in [5.74, 6) is 0.0936. The quantitative estimate of drug-likeness (QED) is 0.775. The molecule has 0 saturated heterocycles. The van der Waals surface area contributed by atoms with Crippen LogP contribution in [-0.4, -0.2) is 16.0 Å². The van der Waals surface area contributed by atoms with Crippen LogP contribution in [-0.2, 0) is 6.42 Å². The second-order valence-corrected chi connectivity index (χ2v) is 4.57. The molecule has 3 heteroatoms. The summed E-state index contributed by atoms with van der Waals surface area (Å²) >= 11 is 0. The predicted octanol–water partition coefficient (Wildman–Crippen LogP) is 2.83. The second-order valence-electron chi connectivity index (χ2n) is 4.57. The lowest BCUT2D eigenvalue weighted by Crippen LogP contribution is -2.08. The smallest absolute Gasteiger partial charge is 0.169 e. The minimum absolute atomic E-state index is 0.0936. The fraction of sp³-hybridized carbons (Fsp3) is 0.267. The van der Waals surface area contributed by atoms with Gasteiger partial charge in [0.25, 0.3) is 0 Å². The Hall–Kier alpha value is -2.03. The number of hydrogen-bond donors (Lipinski definition) is 0. The van der Waals surface area contributed by atoms with Gasteiger partial charge in [-0.25, -0.2) is 0 Å². The van der Waals surface area contributed by atoms with Gasteiger partial charge in [-0.3, -0.25) is 4.79 Å². The minimum atomic E-state index is 0.0936. The first-order chi connectivity index (χ1) is 8.56. The lowest BCUT2D eigenvalue weighted by atomic mass is 10.0. The molecule has 3 nitrogen and oxygen atoms in total. The highest BCUT2D eigenvalue weighted by Gasteiger charge is 2.11. The molecule has 18 heavy (non-hydrogen) atoms. The molecule has 0 unspecified atom stereocenters. The average Bonchev–Trinajstić information content (AvgIpc) is 2.32. The van der Waals surface area contributed by atoms with E-state index in [9.17, 15) is 4.79 Å². The van der Waals surface area contributed by atoms with Crippen molar-refractivity contribution >= 4 is 5.78 Å². The number of aryl methyl sites for hydroxylation is 3. The van der Waals surface area contributed by atoms with E-state index in [1.165, 1.54) is 5.56 Å². The molecule has 0 bridgehead atoms. The van der Waals surface area contributed by atoms with Gasteiger partial charge in [-0.05, 0) is 32.4 Å². The first kappa shape index (κ1) is 12.4. The van der Waals surface area contributed by atoms with Crippen molar-refractivity contribution in [2.24, 2.45) is 0 Å². The number of nitrogens with zero attached hydrogens (tertiary/aromatic N) is 2. The average molecular weight is 240 g/mol. The summed E-state index contributed by atoms with van der Waals surface area (Å²) in [6.07, 6.45) is 0.410. The van der Waals surface area contributed by atoms with E-state index in [-0.39, 0.29) is 5.78 Å². The molecule has 1 aromatic carbocycles. The predicted molar refractivity (Wildman–Crippen MR) is 70.7 cm³/mol. The maximum absolute atomic E-state index is 12.2. The molecule has 0 N–H and O–H groups in total. The van der Waals surface area contributed by atoms with Gasteiger partial charge in [0.1, 0.15) is 0 Å². The summed E-state index contributed by atoms with van der Waals surface area (Å²) in [4.78, 5) is 12.2. The molecule has 0 atom stereocenters. The summed E-state index contributed by atoms with van der Waals surface area (Å²) < 4.78 is 0. The zero-order valence-corrected chi connectivity index (χ0v) is 10.9. The molecule has 0 aliphatic heterocycles. The Labute approximate surface area is 107 Å². The van der Waals surface area contributed by atoms with Crippen molar-refractivity contribution in [2.75, 3.05) is 0 Å². The van der Waals surface area contributed by atoms with Crippen molar-refractivity contribution < 1.29 is 4.79 Å². The lowest BCUT2D eigenvalue weighted by Gasteiger charge is -2.05. The Morgan fingerprint density at radius 2 is 1.89 bits per heavy atom. The van der Waals surface area contributed by atoms with E-state index in [0.29, 0.717) is 17.7 Å². The molecule has 2 rings (SSSR count). The van der Waals surface area contributed by atoms with Crippen LogP contribution in [0.3, 0.4) is 0 Å². The fourth-order valence-electron chi connectivity index (χ4n) is 1.93. The van der Waals surface area contributed by atoms with Crippen LogP contribution in [0.1, 0.15) is 32.9 Å². The van der Waals surface area contributed by atoms with Gasteiger partial charge in [0.15, 0.2) is 5.78 Å². The summed E-state index contributed by atoms with van der Waals surface area (Å²) in [7, 11) is 0. The molecule has 0 fully saturated rings. The zero-order chi connectivity index (χ0) is 13.1. The van der Waals surface area contributed by atoms with Crippen LogP contribution in [0.15, 0.2) is 30.3 Å². The minimum Gasteiger partial charge on any atom is -0.294 e. The van der Waals surface area contributed by atoms with Crippen LogP contribution in [0, 0.1) is 20.8 Å². The Balaban J connectivity index is 2.24. The second kappa shape index (κ2) is 5.08. The summed E-state index contributed by atoms with van der Waals surface area (Å²) in [6.45, 7) is 5.68. The van der Waals surface area contributed by atoms with E-state index in [4.69, 9.17) is 0 Å². The molecule has 0 aliphatic carbocycles. The van der Waals surface area contributed by atoms with Crippen LogP contribution >= 0.6 is 0 Å². The van der Waals surface area contributed by atoms with E-state index in [1.54, 1.807) is 6.07 Å². The molecule has 1 heterocycles. The molecule has 2 aromatic rings. The number of hydrogen-bond acceptors (Lipinski definition) is 3. The third kappa shape index (κ3) is 2.80. The lowest BCUT2D eigenvalue weighted by molar-refractivity contribution is 0.0991. The Morgan fingerprint density at radius 1 is 1.11 bits per heavy atom. The van der Waals surface area contributed by atoms with Crippen molar-refractivity contribution in [3.8, 4) is 0 Å². The molecule has 1 aromatic heterocycles. The number of ketones is 1.